The van der Waals surface area contributed by atoms with Gasteiger partial charge in [0.2, 0.25) is 5.91 Å². The number of hydrogen-bond acceptors (Lipinski definition) is 3. The Kier molecular flexibility index (Phi) is 3.37. The highest BCUT2D eigenvalue weighted by atomic mass is 16.3. The Morgan fingerprint density at radius 2 is 2.11 bits per heavy atom. The van der Waals surface area contributed by atoms with Crippen LogP contribution in [0.2, 0.25) is 0 Å². The summed E-state index contributed by atoms with van der Waals surface area (Å²) >= 11 is 0. The summed E-state index contributed by atoms with van der Waals surface area (Å²) < 4.78 is 5.30. The van der Waals surface area contributed by atoms with Crippen molar-refractivity contribution in [3.8, 4) is 0 Å². The first-order chi connectivity index (χ1) is 8.83. The van der Waals surface area contributed by atoms with Gasteiger partial charge in [-0.05, 0) is 37.8 Å². The number of amides is 1. The van der Waals surface area contributed by atoms with Crippen LogP contribution < -0.4 is 5.32 Å². The van der Waals surface area contributed by atoms with Gasteiger partial charge < -0.3 is 14.6 Å². The third kappa shape index (κ3) is 2.75. The summed E-state index contributed by atoms with van der Waals surface area (Å²) in [5.41, 5.74) is 0. The second-order valence-electron chi connectivity index (χ2n) is 5.33. The molecule has 0 unspecified atom stereocenters. The number of rotatable bonds is 4. The predicted molar refractivity (Wildman–Crippen MR) is 67.9 cm³/mol. The van der Waals surface area contributed by atoms with E-state index in [1.54, 1.807) is 6.26 Å². The fraction of sp³-hybridized carbons (Fsp3) is 0.643. The van der Waals surface area contributed by atoms with Gasteiger partial charge in [-0.2, -0.15) is 0 Å². The zero-order chi connectivity index (χ0) is 12.4. The van der Waals surface area contributed by atoms with Crippen molar-refractivity contribution in [3.63, 3.8) is 0 Å². The molecular weight excluding hydrogens is 228 g/mol. The molecule has 4 heteroatoms. The molecule has 1 aromatic rings. The van der Waals surface area contributed by atoms with Gasteiger partial charge in [-0.15, -0.1) is 0 Å². The largest absolute Gasteiger partial charge is 0.468 e. The molecule has 18 heavy (non-hydrogen) atoms. The molecular formula is C14H20N2O2. The smallest absolute Gasteiger partial charge is 0.225 e. The molecule has 2 fully saturated rings. The summed E-state index contributed by atoms with van der Waals surface area (Å²) in [6.45, 7) is 2.60. The van der Waals surface area contributed by atoms with Crippen molar-refractivity contribution >= 4 is 5.91 Å². The molecule has 1 N–H and O–H groups in total. The van der Waals surface area contributed by atoms with E-state index in [4.69, 9.17) is 4.42 Å². The van der Waals surface area contributed by atoms with Crippen molar-refractivity contribution in [3.05, 3.63) is 24.2 Å². The van der Waals surface area contributed by atoms with Crippen LogP contribution in [0.5, 0.6) is 0 Å². The lowest BCUT2D eigenvalue weighted by Gasteiger charge is -2.32. The Labute approximate surface area is 107 Å². The van der Waals surface area contributed by atoms with Gasteiger partial charge in [-0.3, -0.25) is 4.79 Å². The topological polar surface area (TPSA) is 45.5 Å². The van der Waals surface area contributed by atoms with Gasteiger partial charge in [-0.25, -0.2) is 0 Å². The van der Waals surface area contributed by atoms with Crippen molar-refractivity contribution in [1.82, 2.24) is 10.2 Å². The number of piperidine rings is 1. The zero-order valence-electron chi connectivity index (χ0n) is 10.6. The second kappa shape index (κ2) is 5.14. The van der Waals surface area contributed by atoms with Crippen LogP contribution in [-0.2, 0) is 11.3 Å². The van der Waals surface area contributed by atoms with E-state index in [1.807, 2.05) is 17.0 Å². The molecule has 1 aliphatic carbocycles. The Balaban J connectivity index is 1.41. The maximum atomic E-state index is 11.9. The third-order valence-corrected chi connectivity index (χ3v) is 3.88. The normalized spacial score (nSPS) is 21.2. The molecule has 1 amide bonds. The molecule has 2 aliphatic rings. The first-order valence-electron chi connectivity index (χ1n) is 6.87. The summed E-state index contributed by atoms with van der Waals surface area (Å²) in [6, 6.07) is 4.41. The number of hydrogen-bond donors (Lipinski definition) is 1. The van der Waals surface area contributed by atoms with Crippen molar-refractivity contribution in [1.29, 1.82) is 0 Å². The van der Waals surface area contributed by atoms with Gasteiger partial charge in [0, 0.05) is 25.0 Å². The minimum atomic E-state index is 0.359. The minimum absolute atomic E-state index is 0.359. The highest BCUT2D eigenvalue weighted by Crippen LogP contribution is 2.31. The molecule has 0 spiro atoms. The van der Waals surface area contributed by atoms with Crippen LogP contribution in [0.25, 0.3) is 0 Å². The Hall–Kier alpha value is -1.29. The average Bonchev–Trinajstić information content (AvgIpc) is 3.13. The molecule has 1 aliphatic heterocycles. The van der Waals surface area contributed by atoms with E-state index in [0.29, 0.717) is 17.9 Å². The number of nitrogens with one attached hydrogen (secondary N) is 1. The van der Waals surface area contributed by atoms with Gasteiger partial charge in [0.15, 0.2) is 0 Å². The first-order valence-corrected chi connectivity index (χ1v) is 6.87. The van der Waals surface area contributed by atoms with Crippen LogP contribution in [0.1, 0.15) is 31.4 Å². The van der Waals surface area contributed by atoms with Crippen molar-refractivity contribution < 1.29 is 9.21 Å². The molecule has 2 heterocycles. The average molecular weight is 248 g/mol. The fourth-order valence-electron chi connectivity index (χ4n) is 2.55. The van der Waals surface area contributed by atoms with E-state index < -0.39 is 0 Å². The quantitative estimate of drug-likeness (QED) is 0.883. The molecule has 1 aromatic heterocycles. The summed E-state index contributed by atoms with van der Waals surface area (Å²) in [6.07, 6.45) is 6.03. The Morgan fingerprint density at radius 1 is 1.33 bits per heavy atom. The summed E-state index contributed by atoms with van der Waals surface area (Å²) in [5, 5.41) is 3.50. The minimum Gasteiger partial charge on any atom is -0.468 e. The van der Waals surface area contributed by atoms with E-state index in [0.717, 1.165) is 51.1 Å². The first kappa shape index (κ1) is 11.8. The summed E-state index contributed by atoms with van der Waals surface area (Å²) in [5.74, 6) is 1.73. The van der Waals surface area contributed by atoms with E-state index in [2.05, 4.69) is 5.32 Å². The molecule has 1 saturated carbocycles. The number of furan rings is 1. The highest BCUT2D eigenvalue weighted by Gasteiger charge is 2.34. The number of carbonyl (C=O) groups excluding carboxylic acids is 1. The van der Waals surface area contributed by atoms with Gasteiger partial charge in [0.05, 0.1) is 12.8 Å². The third-order valence-electron chi connectivity index (χ3n) is 3.88. The molecule has 3 rings (SSSR count). The number of likely N-dealkylation sites (tertiary alicyclic amines) is 1. The molecule has 0 bridgehead atoms. The SMILES string of the molecule is O=C(C1CC1)N1CCC(NCc2ccco2)CC1. The van der Waals surface area contributed by atoms with Crippen molar-refractivity contribution in [2.45, 2.75) is 38.3 Å². The lowest BCUT2D eigenvalue weighted by molar-refractivity contribution is -0.133. The van der Waals surface area contributed by atoms with Crippen LogP contribution >= 0.6 is 0 Å². The van der Waals surface area contributed by atoms with Crippen LogP contribution in [0, 0.1) is 5.92 Å². The van der Waals surface area contributed by atoms with Gasteiger partial charge >= 0.3 is 0 Å². The van der Waals surface area contributed by atoms with Crippen LogP contribution in [0.3, 0.4) is 0 Å². The molecule has 98 valence electrons. The second-order valence-corrected chi connectivity index (χ2v) is 5.33. The summed E-state index contributed by atoms with van der Waals surface area (Å²) in [7, 11) is 0. The van der Waals surface area contributed by atoms with Gasteiger partial charge in [-0.1, -0.05) is 0 Å². The monoisotopic (exact) mass is 248 g/mol. The van der Waals surface area contributed by atoms with Crippen LogP contribution in [0.15, 0.2) is 22.8 Å². The Bertz CT molecular complexity index is 390. The lowest BCUT2D eigenvalue weighted by Crippen LogP contribution is -2.45. The zero-order valence-corrected chi connectivity index (χ0v) is 10.6. The molecule has 1 saturated heterocycles. The lowest BCUT2D eigenvalue weighted by atomic mass is 10.0. The predicted octanol–water partition coefficient (Wildman–Crippen LogP) is 1.77. The van der Waals surface area contributed by atoms with E-state index >= 15 is 0 Å². The molecule has 0 aromatic carbocycles. The number of nitrogens with zero attached hydrogens (tertiary/aromatic N) is 1. The standard InChI is InChI=1S/C14H20N2O2/c17-14(11-3-4-11)16-7-5-12(6-8-16)15-10-13-2-1-9-18-13/h1-2,9,11-12,15H,3-8,10H2. The van der Waals surface area contributed by atoms with E-state index in [9.17, 15) is 4.79 Å². The fourth-order valence-corrected chi connectivity index (χ4v) is 2.55. The van der Waals surface area contributed by atoms with Gasteiger partial charge in [0.25, 0.3) is 0 Å². The number of carbonyl (C=O) groups is 1. The van der Waals surface area contributed by atoms with E-state index in [1.165, 1.54) is 0 Å². The Morgan fingerprint density at radius 3 is 2.72 bits per heavy atom. The maximum Gasteiger partial charge on any atom is 0.225 e. The highest BCUT2D eigenvalue weighted by molar-refractivity contribution is 5.81. The van der Waals surface area contributed by atoms with Crippen molar-refractivity contribution in [2.75, 3.05) is 13.1 Å². The molecule has 0 atom stereocenters. The molecule has 0 radical (unpaired) electrons. The van der Waals surface area contributed by atoms with Gasteiger partial charge in [0.1, 0.15) is 5.76 Å². The van der Waals surface area contributed by atoms with Crippen LogP contribution in [0.4, 0.5) is 0 Å². The van der Waals surface area contributed by atoms with Crippen LogP contribution in [-0.4, -0.2) is 29.9 Å². The molecule has 4 nitrogen and oxygen atoms in total. The maximum absolute atomic E-state index is 11.9. The van der Waals surface area contributed by atoms with E-state index in [-0.39, 0.29) is 0 Å². The van der Waals surface area contributed by atoms with Crippen molar-refractivity contribution in [2.24, 2.45) is 5.92 Å². The summed E-state index contributed by atoms with van der Waals surface area (Å²) in [4.78, 5) is 13.9.